The van der Waals surface area contributed by atoms with Crippen molar-refractivity contribution in [1.82, 2.24) is 15.5 Å². The lowest BCUT2D eigenvalue weighted by molar-refractivity contribution is -0.122. The molecule has 0 radical (unpaired) electrons. The van der Waals surface area contributed by atoms with Gasteiger partial charge in [0.25, 0.3) is 5.88 Å². The van der Waals surface area contributed by atoms with Crippen molar-refractivity contribution < 1.29 is 14.1 Å². The maximum absolute atomic E-state index is 12.4. The first kappa shape index (κ1) is 15.7. The Morgan fingerprint density at radius 1 is 1.44 bits per heavy atom. The Hall–Kier alpha value is -2.76. The van der Waals surface area contributed by atoms with E-state index in [4.69, 9.17) is 9.26 Å². The number of benzene rings is 1. The monoisotopic (exact) mass is 339 g/mol. The van der Waals surface area contributed by atoms with Crippen LogP contribution in [0.1, 0.15) is 42.3 Å². The SMILES string of the molecule is COc1cc(CCC(=O)N[C@@H]2CCCc3c2[nH]c2ccccc32)on1. The third kappa shape index (κ3) is 3.12. The van der Waals surface area contributed by atoms with E-state index in [2.05, 4.69) is 33.7 Å². The molecule has 1 aromatic carbocycles. The van der Waals surface area contributed by atoms with Gasteiger partial charge in [-0.3, -0.25) is 4.79 Å². The van der Waals surface area contributed by atoms with E-state index >= 15 is 0 Å². The fourth-order valence-corrected chi connectivity index (χ4v) is 3.57. The van der Waals surface area contributed by atoms with Gasteiger partial charge in [0.05, 0.1) is 13.2 Å². The quantitative estimate of drug-likeness (QED) is 0.747. The number of rotatable bonds is 5. The standard InChI is InChI=1S/C19H21N3O3/c1-24-18-11-12(25-22-18)9-10-17(23)20-16-8-4-6-14-13-5-2-3-7-15(13)21-19(14)16/h2-3,5,7,11,16,21H,4,6,8-10H2,1H3,(H,20,23)/t16-/m1/s1. The van der Waals surface area contributed by atoms with Gasteiger partial charge in [-0.05, 0) is 36.0 Å². The summed E-state index contributed by atoms with van der Waals surface area (Å²) in [5.74, 6) is 1.11. The molecule has 2 aromatic heterocycles. The molecule has 0 saturated carbocycles. The van der Waals surface area contributed by atoms with Crippen LogP contribution in [0.2, 0.25) is 0 Å². The lowest BCUT2D eigenvalue weighted by Gasteiger charge is -2.23. The number of para-hydroxylation sites is 1. The van der Waals surface area contributed by atoms with Gasteiger partial charge in [-0.25, -0.2) is 0 Å². The number of hydrogen-bond donors (Lipinski definition) is 2. The van der Waals surface area contributed by atoms with Crippen molar-refractivity contribution in [3.05, 3.63) is 47.3 Å². The van der Waals surface area contributed by atoms with Crippen LogP contribution in [0.25, 0.3) is 10.9 Å². The number of nitrogens with zero attached hydrogens (tertiary/aromatic N) is 1. The first-order valence-corrected chi connectivity index (χ1v) is 8.63. The van der Waals surface area contributed by atoms with Crippen molar-refractivity contribution in [2.45, 2.75) is 38.1 Å². The highest BCUT2D eigenvalue weighted by atomic mass is 16.5. The number of amides is 1. The summed E-state index contributed by atoms with van der Waals surface area (Å²) in [6.07, 6.45) is 3.98. The highest BCUT2D eigenvalue weighted by molar-refractivity contribution is 5.85. The summed E-state index contributed by atoms with van der Waals surface area (Å²) in [4.78, 5) is 15.9. The smallest absolute Gasteiger partial charge is 0.254 e. The van der Waals surface area contributed by atoms with E-state index in [0.29, 0.717) is 24.5 Å². The fourth-order valence-electron chi connectivity index (χ4n) is 3.57. The Kier molecular flexibility index (Phi) is 4.17. The van der Waals surface area contributed by atoms with Gasteiger partial charge < -0.3 is 19.6 Å². The van der Waals surface area contributed by atoms with Crippen LogP contribution in [0.5, 0.6) is 5.88 Å². The van der Waals surface area contributed by atoms with Crippen molar-refractivity contribution in [2.75, 3.05) is 7.11 Å². The minimum absolute atomic E-state index is 0.0203. The van der Waals surface area contributed by atoms with Gasteiger partial charge in [0.15, 0.2) is 0 Å². The molecule has 1 aliphatic carbocycles. The molecular weight excluding hydrogens is 318 g/mol. The third-order valence-electron chi connectivity index (χ3n) is 4.79. The van der Waals surface area contributed by atoms with Crippen LogP contribution in [-0.2, 0) is 17.6 Å². The Morgan fingerprint density at radius 2 is 2.32 bits per heavy atom. The zero-order valence-electron chi connectivity index (χ0n) is 14.2. The molecule has 2 heterocycles. The minimum Gasteiger partial charge on any atom is -0.479 e. The third-order valence-corrected chi connectivity index (χ3v) is 4.79. The van der Waals surface area contributed by atoms with Crippen molar-refractivity contribution >= 4 is 16.8 Å². The number of carbonyl (C=O) groups excluding carboxylic acids is 1. The molecule has 1 amide bonds. The van der Waals surface area contributed by atoms with Gasteiger partial charge in [0.1, 0.15) is 5.76 Å². The number of aromatic nitrogens is 2. The van der Waals surface area contributed by atoms with Gasteiger partial charge in [-0.1, -0.05) is 18.2 Å². The fraction of sp³-hybridized carbons (Fsp3) is 0.368. The molecule has 130 valence electrons. The maximum Gasteiger partial charge on any atom is 0.254 e. The Morgan fingerprint density at radius 3 is 3.16 bits per heavy atom. The molecule has 0 fully saturated rings. The molecule has 0 bridgehead atoms. The molecule has 6 heteroatoms. The number of carbonyl (C=O) groups is 1. The molecule has 6 nitrogen and oxygen atoms in total. The Balaban J connectivity index is 1.44. The van der Waals surface area contributed by atoms with Crippen LogP contribution < -0.4 is 10.1 Å². The molecule has 4 rings (SSSR count). The van der Waals surface area contributed by atoms with Gasteiger partial charge in [-0.15, -0.1) is 0 Å². The van der Waals surface area contributed by atoms with Crippen molar-refractivity contribution in [3.8, 4) is 5.88 Å². The molecule has 2 N–H and O–H groups in total. The summed E-state index contributed by atoms with van der Waals surface area (Å²) in [6, 6.07) is 10.1. The number of aromatic amines is 1. The molecule has 0 saturated heterocycles. The average molecular weight is 339 g/mol. The van der Waals surface area contributed by atoms with Gasteiger partial charge in [-0.2, -0.15) is 0 Å². The number of nitrogens with one attached hydrogen (secondary N) is 2. The topological polar surface area (TPSA) is 80.1 Å². The number of aryl methyl sites for hydroxylation is 2. The van der Waals surface area contributed by atoms with E-state index in [0.717, 1.165) is 30.5 Å². The van der Waals surface area contributed by atoms with Crippen LogP contribution in [0.3, 0.4) is 0 Å². The molecular formula is C19H21N3O3. The normalized spacial score (nSPS) is 16.6. The second-order valence-electron chi connectivity index (χ2n) is 6.41. The summed E-state index contributed by atoms with van der Waals surface area (Å²) in [5, 5.41) is 8.18. The first-order chi connectivity index (χ1) is 12.2. The van der Waals surface area contributed by atoms with Gasteiger partial charge >= 0.3 is 0 Å². The molecule has 0 spiro atoms. The van der Waals surface area contributed by atoms with E-state index < -0.39 is 0 Å². The summed E-state index contributed by atoms with van der Waals surface area (Å²) < 4.78 is 10.1. The summed E-state index contributed by atoms with van der Waals surface area (Å²) >= 11 is 0. The van der Waals surface area contributed by atoms with Crippen LogP contribution >= 0.6 is 0 Å². The second kappa shape index (κ2) is 6.63. The number of methoxy groups -OCH3 is 1. The molecule has 1 atom stereocenters. The van der Waals surface area contributed by atoms with Crippen molar-refractivity contribution in [1.29, 1.82) is 0 Å². The molecule has 0 unspecified atom stereocenters. The van der Waals surface area contributed by atoms with Crippen molar-refractivity contribution in [2.24, 2.45) is 0 Å². The van der Waals surface area contributed by atoms with E-state index in [1.165, 1.54) is 18.1 Å². The molecule has 0 aliphatic heterocycles. The van der Waals surface area contributed by atoms with Gasteiger partial charge in [0.2, 0.25) is 5.91 Å². The average Bonchev–Trinajstić information content (AvgIpc) is 3.25. The minimum atomic E-state index is 0.0203. The number of hydrogen-bond acceptors (Lipinski definition) is 4. The molecule has 3 aromatic rings. The Bertz CT molecular complexity index is 896. The zero-order chi connectivity index (χ0) is 17.2. The summed E-state index contributed by atoms with van der Waals surface area (Å²) in [7, 11) is 1.54. The maximum atomic E-state index is 12.4. The van der Waals surface area contributed by atoms with Gasteiger partial charge in [0, 0.05) is 35.5 Å². The van der Waals surface area contributed by atoms with E-state index in [1.54, 1.807) is 6.07 Å². The first-order valence-electron chi connectivity index (χ1n) is 8.63. The van der Waals surface area contributed by atoms with Crippen molar-refractivity contribution in [3.63, 3.8) is 0 Å². The summed E-state index contributed by atoms with van der Waals surface area (Å²) in [6.45, 7) is 0. The van der Waals surface area contributed by atoms with Crippen LogP contribution in [0.4, 0.5) is 0 Å². The van der Waals surface area contributed by atoms with E-state index in [9.17, 15) is 4.79 Å². The van der Waals surface area contributed by atoms with Crippen LogP contribution in [-0.4, -0.2) is 23.2 Å². The Labute approximate surface area is 145 Å². The highest BCUT2D eigenvalue weighted by Gasteiger charge is 2.25. The van der Waals surface area contributed by atoms with Crippen LogP contribution in [0.15, 0.2) is 34.9 Å². The number of fused-ring (bicyclic) bond motifs is 3. The lowest BCUT2D eigenvalue weighted by atomic mass is 9.91. The summed E-state index contributed by atoms with van der Waals surface area (Å²) in [5.41, 5.74) is 3.64. The number of H-pyrrole nitrogens is 1. The lowest BCUT2D eigenvalue weighted by Crippen LogP contribution is -2.31. The second-order valence-corrected chi connectivity index (χ2v) is 6.41. The number of ether oxygens (including phenoxy) is 1. The zero-order valence-corrected chi connectivity index (χ0v) is 14.2. The van der Waals surface area contributed by atoms with E-state index in [-0.39, 0.29) is 11.9 Å². The highest BCUT2D eigenvalue weighted by Crippen LogP contribution is 2.34. The molecule has 1 aliphatic rings. The largest absolute Gasteiger partial charge is 0.479 e. The van der Waals surface area contributed by atoms with E-state index in [1.807, 2.05) is 6.07 Å². The molecule has 25 heavy (non-hydrogen) atoms. The predicted molar refractivity (Wildman–Crippen MR) is 93.5 cm³/mol. The predicted octanol–water partition coefficient (Wildman–Crippen LogP) is 3.29. The van der Waals surface area contributed by atoms with Crippen LogP contribution in [0, 0.1) is 0 Å².